The van der Waals surface area contributed by atoms with Crippen LogP contribution < -0.4 is 10.0 Å². The first kappa shape index (κ1) is 22.2. The molecule has 6 nitrogen and oxygen atoms in total. The predicted octanol–water partition coefficient (Wildman–Crippen LogP) is 5.94. The quantitative estimate of drug-likeness (QED) is 0.391. The van der Waals surface area contributed by atoms with Crippen LogP contribution >= 0.6 is 38.9 Å². The molecule has 2 heterocycles. The topological polar surface area (TPSA) is 91.3 Å². The van der Waals surface area contributed by atoms with Gasteiger partial charge in [-0.25, -0.2) is 18.7 Å². The molecular weight excluding hydrogens is 498 g/mol. The highest BCUT2D eigenvalue weighted by Gasteiger charge is 2.28. The number of pyridine rings is 1. The Bertz CT molecular complexity index is 1100. The summed E-state index contributed by atoms with van der Waals surface area (Å²) in [5.41, 5.74) is 0.401. The number of halogens is 2. The number of rotatable bonds is 5. The number of aromatic nitrogens is 1. The summed E-state index contributed by atoms with van der Waals surface area (Å²) in [4.78, 5) is 16.3. The zero-order chi connectivity index (χ0) is 21.3. The van der Waals surface area contributed by atoms with Gasteiger partial charge in [0.2, 0.25) is 0 Å². The minimum Gasteiger partial charge on any atom is -0.465 e. The van der Waals surface area contributed by atoms with Gasteiger partial charge in [-0.3, -0.25) is 5.32 Å². The molecule has 1 amide bonds. The van der Waals surface area contributed by atoms with Crippen molar-refractivity contribution in [3.63, 3.8) is 0 Å². The van der Waals surface area contributed by atoms with E-state index in [1.54, 1.807) is 6.07 Å². The van der Waals surface area contributed by atoms with Crippen molar-refractivity contribution in [1.82, 2.24) is 9.71 Å². The predicted molar refractivity (Wildman–Crippen MR) is 123 cm³/mol. The fraction of sp³-hybridized carbons (Fsp3) is 0.263. The molecule has 0 fully saturated rings. The first-order chi connectivity index (χ1) is 13.6. The van der Waals surface area contributed by atoms with Gasteiger partial charge in [-0.15, -0.1) is 11.3 Å². The average Bonchev–Trinajstić information content (AvgIpc) is 3.05. The number of carboxylic acid groups (broad SMARTS) is 1. The summed E-state index contributed by atoms with van der Waals surface area (Å²) in [6, 6.07) is 10.4. The maximum absolute atomic E-state index is 12.9. The van der Waals surface area contributed by atoms with Crippen LogP contribution in [0.2, 0.25) is 5.02 Å². The summed E-state index contributed by atoms with van der Waals surface area (Å²) < 4.78 is 17.5. The molecule has 29 heavy (non-hydrogen) atoms. The molecule has 2 atom stereocenters. The summed E-state index contributed by atoms with van der Waals surface area (Å²) in [5, 5.41) is 12.6. The average molecular weight is 517 g/mol. The zero-order valence-electron chi connectivity index (χ0n) is 15.8. The fourth-order valence-corrected chi connectivity index (χ4v) is 5.40. The normalized spacial score (nSPS) is 14.0. The van der Waals surface area contributed by atoms with Crippen LogP contribution in [-0.4, -0.2) is 25.1 Å². The van der Waals surface area contributed by atoms with E-state index in [9.17, 15) is 9.00 Å². The Kier molecular flexibility index (Phi) is 6.64. The van der Waals surface area contributed by atoms with Crippen molar-refractivity contribution in [2.24, 2.45) is 0 Å². The van der Waals surface area contributed by atoms with Crippen molar-refractivity contribution in [3.05, 3.63) is 56.5 Å². The van der Waals surface area contributed by atoms with Gasteiger partial charge in [0.15, 0.2) is 0 Å². The second kappa shape index (κ2) is 8.69. The molecule has 0 aliphatic carbocycles. The van der Waals surface area contributed by atoms with Gasteiger partial charge >= 0.3 is 6.09 Å². The first-order valence-electron chi connectivity index (χ1n) is 8.58. The number of nitrogens with one attached hydrogen (secondary N) is 2. The van der Waals surface area contributed by atoms with Gasteiger partial charge < -0.3 is 5.11 Å². The first-order valence-corrected chi connectivity index (χ1v) is 11.7. The van der Waals surface area contributed by atoms with E-state index in [0.29, 0.717) is 10.7 Å². The van der Waals surface area contributed by atoms with Crippen LogP contribution in [0.25, 0.3) is 10.1 Å². The molecule has 0 spiro atoms. The number of benzene rings is 1. The number of hydrogen-bond donors (Lipinski definition) is 3. The molecule has 0 bridgehead atoms. The molecule has 0 aliphatic rings. The Morgan fingerprint density at radius 2 is 2.03 bits per heavy atom. The van der Waals surface area contributed by atoms with Gasteiger partial charge in [0.25, 0.3) is 0 Å². The number of nitrogens with zero attached hydrogens (tertiary/aromatic N) is 1. The monoisotopic (exact) mass is 515 g/mol. The minimum atomic E-state index is -1.41. The van der Waals surface area contributed by atoms with Gasteiger partial charge in [-0.05, 0) is 66.4 Å². The molecular formula is C19H19BrClN3O3S2. The largest absolute Gasteiger partial charge is 0.465 e. The molecule has 0 saturated carbocycles. The highest BCUT2D eigenvalue weighted by molar-refractivity contribution is 9.10. The molecule has 10 heteroatoms. The number of thiophene rings is 1. The van der Waals surface area contributed by atoms with Crippen LogP contribution in [0.1, 0.15) is 37.4 Å². The number of fused-ring (bicyclic) bond motifs is 1. The van der Waals surface area contributed by atoms with Gasteiger partial charge in [0, 0.05) is 14.0 Å². The summed E-state index contributed by atoms with van der Waals surface area (Å²) in [6.07, 6.45) is -1.22. The Morgan fingerprint density at radius 1 is 1.31 bits per heavy atom. The van der Waals surface area contributed by atoms with Crippen LogP contribution in [0, 0.1) is 0 Å². The van der Waals surface area contributed by atoms with E-state index in [1.807, 2.05) is 45.0 Å². The number of carbonyl (C=O) groups is 1. The van der Waals surface area contributed by atoms with E-state index in [4.69, 9.17) is 16.7 Å². The van der Waals surface area contributed by atoms with E-state index in [2.05, 4.69) is 31.0 Å². The van der Waals surface area contributed by atoms with Crippen LogP contribution in [0.5, 0.6) is 0 Å². The summed E-state index contributed by atoms with van der Waals surface area (Å²) in [6.45, 7) is 5.60. The Labute approximate surface area is 188 Å². The maximum Gasteiger partial charge on any atom is 0.410 e. The van der Waals surface area contributed by atoms with Crippen molar-refractivity contribution >= 4 is 71.9 Å². The molecule has 3 aromatic rings. The third kappa shape index (κ3) is 5.16. The summed E-state index contributed by atoms with van der Waals surface area (Å²) in [5.74, 6) is 0.146. The number of anilines is 1. The molecule has 0 saturated heterocycles. The van der Waals surface area contributed by atoms with Gasteiger partial charge in [-0.1, -0.05) is 23.7 Å². The Morgan fingerprint density at radius 3 is 2.66 bits per heavy atom. The van der Waals surface area contributed by atoms with E-state index in [-0.39, 0.29) is 5.82 Å². The molecule has 154 valence electrons. The maximum atomic E-state index is 12.9. The van der Waals surface area contributed by atoms with Crippen molar-refractivity contribution in [1.29, 1.82) is 0 Å². The van der Waals surface area contributed by atoms with Crippen LogP contribution in [-0.2, 0) is 11.0 Å². The van der Waals surface area contributed by atoms with Gasteiger partial charge in [0.1, 0.15) is 5.82 Å². The van der Waals surface area contributed by atoms with Crippen molar-refractivity contribution < 1.29 is 14.1 Å². The van der Waals surface area contributed by atoms with Crippen LogP contribution in [0.4, 0.5) is 10.6 Å². The lowest BCUT2D eigenvalue weighted by Gasteiger charge is -2.24. The lowest BCUT2D eigenvalue weighted by Crippen LogP contribution is -2.36. The lowest BCUT2D eigenvalue weighted by molar-refractivity contribution is 0.209. The molecule has 0 radical (unpaired) electrons. The second-order valence-corrected chi connectivity index (χ2v) is 11.6. The Balaban J connectivity index is 2.14. The molecule has 2 aromatic heterocycles. The highest BCUT2D eigenvalue weighted by Crippen LogP contribution is 2.39. The summed E-state index contributed by atoms with van der Waals surface area (Å²) >= 11 is 11.5. The van der Waals surface area contributed by atoms with E-state index < -0.39 is 27.9 Å². The van der Waals surface area contributed by atoms with Gasteiger partial charge in [-0.2, -0.15) is 0 Å². The van der Waals surface area contributed by atoms with Crippen LogP contribution in [0.15, 0.2) is 40.9 Å². The number of hydrogen-bond acceptors (Lipinski definition) is 4. The third-order valence-electron chi connectivity index (χ3n) is 3.96. The lowest BCUT2D eigenvalue weighted by atomic mass is 10.1. The van der Waals surface area contributed by atoms with Gasteiger partial charge in [0.05, 0.1) is 32.5 Å². The number of amides is 1. The SMILES string of the molecule is CC(C)(C)S(=O)NC(c1cc2cccc(Br)c2s1)c1nc(NC(=O)O)ccc1Cl. The van der Waals surface area contributed by atoms with Crippen molar-refractivity contribution in [2.45, 2.75) is 31.6 Å². The smallest absolute Gasteiger partial charge is 0.410 e. The van der Waals surface area contributed by atoms with Crippen molar-refractivity contribution in [3.8, 4) is 0 Å². The molecule has 3 N–H and O–H groups in total. The standard InChI is InChI=1S/C19H19BrClN3O3S2/c1-19(2,3)29(27)24-16(13-9-10-5-4-6-11(20)17(10)28-13)15-12(21)7-8-14(22-15)23-18(25)26/h4-9,16,24H,1-3H3,(H,22,23)(H,25,26). The third-order valence-corrected chi connectivity index (χ3v) is 8.02. The molecule has 1 aromatic carbocycles. The summed E-state index contributed by atoms with van der Waals surface area (Å²) in [7, 11) is -1.41. The molecule has 3 rings (SSSR count). The zero-order valence-corrected chi connectivity index (χ0v) is 19.8. The van der Waals surface area contributed by atoms with E-state index in [1.165, 1.54) is 17.4 Å². The molecule has 2 unspecified atom stereocenters. The molecule has 0 aliphatic heterocycles. The van der Waals surface area contributed by atoms with E-state index >= 15 is 0 Å². The fourth-order valence-electron chi connectivity index (χ4n) is 2.56. The van der Waals surface area contributed by atoms with E-state index in [0.717, 1.165) is 19.4 Å². The van der Waals surface area contributed by atoms with Crippen molar-refractivity contribution in [2.75, 3.05) is 5.32 Å². The highest BCUT2D eigenvalue weighted by atomic mass is 79.9. The second-order valence-electron chi connectivity index (χ2n) is 7.23. The minimum absolute atomic E-state index is 0.146. The van der Waals surface area contributed by atoms with Crippen LogP contribution in [0.3, 0.4) is 0 Å². The Hall–Kier alpha value is -1.52.